The van der Waals surface area contributed by atoms with Crippen LogP contribution in [0.5, 0.6) is 5.75 Å². The van der Waals surface area contributed by atoms with Crippen molar-refractivity contribution in [3.05, 3.63) is 71.4 Å². The molecule has 0 unspecified atom stereocenters. The molecule has 0 spiro atoms. The minimum absolute atomic E-state index is 0.0356. The van der Waals surface area contributed by atoms with Crippen LogP contribution in [-0.2, 0) is 6.18 Å². The van der Waals surface area contributed by atoms with Crippen molar-refractivity contribution in [2.24, 2.45) is 0 Å². The summed E-state index contributed by atoms with van der Waals surface area (Å²) >= 11 is 0. The molecule has 3 aromatic rings. The molecule has 0 amide bonds. The number of fused-ring (bicyclic) bond motifs is 1. The van der Waals surface area contributed by atoms with Crippen molar-refractivity contribution in [1.82, 2.24) is 4.98 Å². The van der Waals surface area contributed by atoms with Crippen molar-refractivity contribution in [2.45, 2.75) is 6.18 Å². The lowest BCUT2D eigenvalue weighted by molar-refractivity contribution is -0.137. The molecule has 0 atom stereocenters. The van der Waals surface area contributed by atoms with Gasteiger partial charge in [-0.2, -0.15) is 13.2 Å². The standard InChI is InChI=1S/C18H12F3NO/c19-18(20,21)15-6-2-1-4-12(15)8-10-14-11-9-13-5-3-7-16(23)17(13)22-14/h1-11,23H/b10-8+. The lowest BCUT2D eigenvalue weighted by Crippen LogP contribution is -2.06. The number of hydrogen-bond acceptors (Lipinski definition) is 2. The zero-order valence-corrected chi connectivity index (χ0v) is 11.9. The van der Waals surface area contributed by atoms with Gasteiger partial charge in [-0.3, -0.25) is 0 Å². The summed E-state index contributed by atoms with van der Waals surface area (Å²) in [5.41, 5.74) is 0.258. The Morgan fingerprint density at radius 2 is 1.65 bits per heavy atom. The number of phenolic OH excluding ortho intramolecular Hbond substituents is 1. The van der Waals surface area contributed by atoms with Crippen LogP contribution in [0.1, 0.15) is 16.8 Å². The highest BCUT2D eigenvalue weighted by Gasteiger charge is 2.32. The van der Waals surface area contributed by atoms with Crippen LogP contribution in [-0.4, -0.2) is 10.1 Å². The summed E-state index contributed by atoms with van der Waals surface area (Å²) in [4.78, 5) is 4.26. The molecule has 0 aliphatic carbocycles. The van der Waals surface area contributed by atoms with E-state index in [1.807, 2.05) is 0 Å². The fourth-order valence-corrected chi connectivity index (χ4v) is 2.32. The zero-order chi connectivity index (χ0) is 16.4. The van der Waals surface area contributed by atoms with Crippen molar-refractivity contribution >= 4 is 23.1 Å². The Hall–Kier alpha value is -2.82. The summed E-state index contributed by atoms with van der Waals surface area (Å²) in [6, 6.07) is 13.8. The molecule has 0 radical (unpaired) electrons. The summed E-state index contributed by atoms with van der Waals surface area (Å²) in [6.07, 6.45) is -1.54. The normalized spacial score (nSPS) is 12.1. The first-order valence-electron chi connectivity index (χ1n) is 6.88. The van der Waals surface area contributed by atoms with Crippen molar-refractivity contribution in [2.75, 3.05) is 0 Å². The van der Waals surface area contributed by atoms with E-state index >= 15 is 0 Å². The molecule has 116 valence electrons. The number of rotatable bonds is 2. The molecule has 3 rings (SSSR count). The largest absolute Gasteiger partial charge is 0.506 e. The molecule has 2 aromatic carbocycles. The fourth-order valence-electron chi connectivity index (χ4n) is 2.32. The fraction of sp³-hybridized carbons (Fsp3) is 0.0556. The third kappa shape index (κ3) is 3.18. The van der Waals surface area contributed by atoms with Crippen molar-refractivity contribution < 1.29 is 18.3 Å². The number of nitrogens with zero attached hydrogens (tertiary/aromatic N) is 1. The number of halogens is 3. The molecular formula is C18H12F3NO. The number of benzene rings is 2. The summed E-state index contributed by atoms with van der Waals surface area (Å²) < 4.78 is 38.9. The molecule has 5 heteroatoms. The van der Waals surface area contributed by atoms with Gasteiger partial charge in [0.15, 0.2) is 0 Å². The number of aromatic nitrogens is 1. The molecule has 0 fully saturated rings. The highest BCUT2D eigenvalue weighted by atomic mass is 19.4. The third-order valence-electron chi connectivity index (χ3n) is 3.42. The van der Waals surface area contributed by atoms with Crippen LogP contribution >= 0.6 is 0 Å². The summed E-state index contributed by atoms with van der Waals surface area (Å²) in [7, 11) is 0. The number of alkyl halides is 3. The smallest absolute Gasteiger partial charge is 0.416 e. The number of para-hydroxylation sites is 1. The van der Waals surface area contributed by atoms with Gasteiger partial charge >= 0.3 is 6.18 Å². The van der Waals surface area contributed by atoms with Gasteiger partial charge in [0.25, 0.3) is 0 Å². The molecule has 1 aromatic heterocycles. The lowest BCUT2D eigenvalue weighted by atomic mass is 10.1. The van der Waals surface area contributed by atoms with Crippen LogP contribution in [0.15, 0.2) is 54.6 Å². The van der Waals surface area contributed by atoms with Crippen molar-refractivity contribution in [3.8, 4) is 5.75 Å². The summed E-state index contributed by atoms with van der Waals surface area (Å²) in [5.74, 6) is 0.0356. The van der Waals surface area contributed by atoms with Gasteiger partial charge in [-0.25, -0.2) is 4.98 Å². The van der Waals surface area contributed by atoms with Gasteiger partial charge < -0.3 is 5.11 Å². The monoisotopic (exact) mass is 315 g/mol. The van der Waals surface area contributed by atoms with Crippen LogP contribution in [0, 0.1) is 0 Å². The lowest BCUT2D eigenvalue weighted by Gasteiger charge is -2.09. The van der Waals surface area contributed by atoms with E-state index in [2.05, 4.69) is 4.98 Å². The Kier molecular flexibility index (Phi) is 3.78. The summed E-state index contributed by atoms with van der Waals surface area (Å²) in [6.45, 7) is 0. The summed E-state index contributed by atoms with van der Waals surface area (Å²) in [5, 5.41) is 10.6. The maximum atomic E-state index is 13.0. The SMILES string of the molecule is Oc1cccc2ccc(/C=C/c3ccccc3C(F)(F)F)nc12. The quantitative estimate of drug-likeness (QED) is 0.711. The third-order valence-corrected chi connectivity index (χ3v) is 3.42. The molecule has 1 heterocycles. The second-order valence-electron chi connectivity index (χ2n) is 5.00. The minimum atomic E-state index is -4.41. The highest BCUT2D eigenvalue weighted by Crippen LogP contribution is 2.32. The Morgan fingerprint density at radius 1 is 0.870 bits per heavy atom. The van der Waals surface area contributed by atoms with E-state index in [1.54, 1.807) is 30.3 Å². The Labute approximate surface area is 130 Å². The highest BCUT2D eigenvalue weighted by molar-refractivity contribution is 5.85. The van der Waals surface area contributed by atoms with E-state index in [9.17, 15) is 18.3 Å². The molecular weight excluding hydrogens is 303 g/mol. The molecule has 0 aliphatic rings. The number of pyridine rings is 1. The molecule has 0 aliphatic heterocycles. The predicted octanol–water partition coefficient (Wildman–Crippen LogP) is 5.13. The average Bonchev–Trinajstić information content (AvgIpc) is 2.53. The molecule has 1 N–H and O–H groups in total. The van der Waals surface area contributed by atoms with Crippen LogP contribution in [0.4, 0.5) is 13.2 Å². The van der Waals surface area contributed by atoms with E-state index in [0.717, 1.165) is 11.5 Å². The number of aromatic hydroxyl groups is 1. The van der Waals surface area contributed by atoms with Crippen LogP contribution in [0.3, 0.4) is 0 Å². The van der Waals surface area contributed by atoms with Gasteiger partial charge in [0.1, 0.15) is 11.3 Å². The molecule has 0 saturated heterocycles. The van der Waals surface area contributed by atoms with Crippen molar-refractivity contribution in [1.29, 1.82) is 0 Å². The average molecular weight is 315 g/mol. The first kappa shape index (κ1) is 15.1. The Morgan fingerprint density at radius 3 is 2.43 bits per heavy atom. The van der Waals surface area contributed by atoms with Crippen LogP contribution in [0.2, 0.25) is 0 Å². The van der Waals surface area contributed by atoms with Gasteiger partial charge in [0.05, 0.1) is 11.3 Å². The number of phenols is 1. The van der Waals surface area contributed by atoms with Crippen LogP contribution < -0.4 is 0 Å². The predicted molar refractivity (Wildman–Crippen MR) is 83.8 cm³/mol. The Bertz CT molecular complexity index is 885. The van der Waals surface area contributed by atoms with Gasteiger partial charge in [-0.15, -0.1) is 0 Å². The van der Waals surface area contributed by atoms with E-state index in [0.29, 0.717) is 11.2 Å². The van der Waals surface area contributed by atoms with Gasteiger partial charge in [0.2, 0.25) is 0 Å². The zero-order valence-electron chi connectivity index (χ0n) is 11.9. The topological polar surface area (TPSA) is 33.1 Å². The first-order valence-corrected chi connectivity index (χ1v) is 6.88. The van der Waals surface area contributed by atoms with Gasteiger partial charge in [-0.1, -0.05) is 42.5 Å². The maximum Gasteiger partial charge on any atom is 0.416 e. The van der Waals surface area contributed by atoms with Crippen LogP contribution in [0.25, 0.3) is 23.1 Å². The van der Waals surface area contributed by atoms with Crippen molar-refractivity contribution in [3.63, 3.8) is 0 Å². The molecule has 0 bridgehead atoms. The van der Waals surface area contributed by atoms with Gasteiger partial charge in [-0.05, 0) is 29.8 Å². The van der Waals surface area contributed by atoms with E-state index in [-0.39, 0.29) is 11.3 Å². The van der Waals surface area contributed by atoms with Gasteiger partial charge in [0, 0.05) is 5.39 Å². The van der Waals surface area contributed by atoms with E-state index < -0.39 is 11.7 Å². The first-order chi connectivity index (χ1) is 10.9. The molecule has 23 heavy (non-hydrogen) atoms. The minimum Gasteiger partial charge on any atom is -0.506 e. The van der Waals surface area contributed by atoms with E-state index in [4.69, 9.17) is 0 Å². The maximum absolute atomic E-state index is 13.0. The second kappa shape index (κ2) is 5.76. The number of hydrogen-bond donors (Lipinski definition) is 1. The second-order valence-corrected chi connectivity index (χ2v) is 5.00. The van der Waals surface area contributed by atoms with E-state index in [1.165, 1.54) is 30.4 Å². The molecule has 2 nitrogen and oxygen atoms in total. The Balaban J connectivity index is 2.00. The molecule has 0 saturated carbocycles.